The molecule has 0 saturated heterocycles. The number of rotatable bonds is 4. The molecule has 0 heterocycles. The molecular weight excluding hydrogens is 471 g/mol. The van der Waals surface area contributed by atoms with Gasteiger partial charge in [-0.1, -0.05) is 23.2 Å². The van der Waals surface area contributed by atoms with Crippen LogP contribution in [0.25, 0.3) is 0 Å². The Morgan fingerprint density at radius 2 is 1.07 bits per heavy atom. The van der Waals surface area contributed by atoms with Gasteiger partial charge in [-0.25, -0.2) is 9.59 Å². The number of carbonyl (C=O) groups excluding carboxylic acids is 2. The number of esters is 2. The molecule has 0 aliphatic rings. The predicted octanol–water partition coefficient (Wildman–Crippen LogP) is 3.10. The second-order valence-electron chi connectivity index (χ2n) is 5.73. The third-order valence-electron chi connectivity index (χ3n) is 3.82. The molecular formula is C16H12Cl2O9S2. The van der Waals surface area contributed by atoms with Crippen molar-refractivity contribution in [1.82, 2.24) is 0 Å². The lowest BCUT2D eigenvalue weighted by atomic mass is 10.1. The lowest BCUT2D eigenvalue weighted by molar-refractivity contribution is 0.0391. The molecule has 0 radical (unpaired) electrons. The van der Waals surface area contributed by atoms with E-state index in [1.54, 1.807) is 0 Å². The van der Waals surface area contributed by atoms with Gasteiger partial charge in [-0.3, -0.25) is 9.11 Å². The summed E-state index contributed by atoms with van der Waals surface area (Å²) in [6.07, 6.45) is 0. The third kappa shape index (κ3) is 4.77. The van der Waals surface area contributed by atoms with Crippen LogP contribution in [0.15, 0.2) is 34.1 Å². The van der Waals surface area contributed by atoms with Gasteiger partial charge in [-0.15, -0.1) is 0 Å². The highest BCUT2D eigenvalue weighted by atomic mass is 35.5. The van der Waals surface area contributed by atoms with Gasteiger partial charge in [-0.2, -0.15) is 16.8 Å². The van der Waals surface area contributed by atoms with E-state index in [-0.39, 0.29) is 21.2 Å². The summed E-state index contributed by atoms with van der Waals surface area (Å²) in [4.78, 5) is 23.0. The van der Waals surface area contributed by atoms with E-state index in [0.717, 1.165) is 24.3 Å². The van der Waals surface area contributed by atoms with Gasteiger partial charge in [0.1, 0.15) is 9.79 Å². The van der Waals surface area contributed by atoms with Crippen molar-refractivity contribution in [3.05, 3.63) is 56.6 Å². The highest BCUT2D eigenvalue weighted by Gasteiger charge is 2.30. The molecule has 0 atom stereocenters. The number of ether oxygens (including phenoxy) is 1. The summed E-state index contributed by atoms with van der Waals surface area (Å²) in [7, 11) is -9.85. The van der Waals surface area contributed by atoms with E-state index < -0.39 is 53.1 Å². The molecule has 0 unspecified atom stereocenters. The molecule has 0 saturated carbocycles. The molecule has 0 spiro atoms. The average molecular weight is 483 g/mol. The van der Waals surface area contributed by atoms with Crippen molar-refractivity contribution in [2.45, 2.75) is 23.6 Å². The number of hydrogen-bond acceptors (Lipinski definition) is 7. The number of halogens is 2. The van der Waals surface area contributed by atoms with Crippen molar-refractivity contribution in [1.29, 1.82) is 0 Å². The Kier molecular flexibility index (Phi) is 6.43. The normalized spacial score (nSPS) is 11.9. The molecule has 2 aromatic carbocycles. The number of hydrogen-bond donors (Lipinski definition) is 2. The first kappa shape index (κ1) is 23.3. The van der Waals surface area contributed by atoms with E-state index in [1.807, 2.05) is 0 Å². The Hall–Kier alpha value is -2.02. The van der Waals surface area contributed by atoms with Crippen molar-refractivity contribution >= 4 is 55.4 Å². The van der Waals surface area contributed by atoms with Crippen LogP contribution in [0.2, 0.25) is 10.0 Å². The van der Waals surface area contributed by atoms with E-state index in [9.17, 15) is 35.5 Å². The standard InChI is InChI=1S/C16H12Cl2O9S2/c1-7-11(17)5-3-9(13(7)28(21,22)23)15(19)27-16(20)10-4-6-12(18)8(2)14(10)29(24,25)26/h3-6H,1-2H3,(H,21,22,23)(H,24,25,26). The maximum Gasteiger partial charge on any atom is 0.347 e. The fourth-order valence-electron chi connectivity index (χ4n) is 2.52. The first-order valence-corrected chi connectivity index (χ1v) is 11.1. The fraction of sp³-hybridized carbons (Fsp3) is 0.125. The molecule has 13 heteroatoms. The van der Waals surface area contributed by atoms with Crippen LogP contribution < -0.4 is 0 Å². The Morgan fingerprint density at radius 1 is 0.759 bits per heavy atom. The molecule has 156 valence electrons. The highest BCUT2D eigenvalue weighted by Crippen LogP contribution is 2.30. The Balaban J connectivity index is 2.57. The molecule has 0 aromatic heterocycles. The minimum Gasteiger partial charge on any atom is -0.386 e. The quantitative estimate of drug-likeness (QED) is 0.380. The molecule has 0 bridgehead atoms. The van der Waals surface area contributed by atoms with Gasteiger partial charge in [0.2, 0.25) is 0 Å². The van der Waals surface area contributed by atoms with E-state index >= 15 is 0 Å². The van der Waals surface area contributed by atoms with Gasteiger partial charge in [0.15, 0.2) is 0 Å². The lowest BCUT2D eigenvalue weighted by Gasteiger charge is -2.12. The van der Waals surface area contributed by atoms with Crippen LogP contribution in [-0.2, 0) is 25.0 Å². The van der Waals surface area contributed by atoms with Crippen molar-refractivity contribution in [3.63, 3.8) is 0 Å². The maximum atomic E-state index is 12.4. The molecule has 2 N–H and O–H groups in total. The zero-order valence-electron chi connectivity index (χ0n) is 14.6. The second-order valence-corrected chi connectivity index (χ2v) is 9.26. The lowest BCUT2D eigenvalue weighted by Crippen LogP contribution is -2.19. The molecule has 0 fully saturated rings. The van der Waals surface area contributed by atoms with Gasteiger partial charge in [0, 0.05) is 10.0 Å². The van der Waals surface area contributed by atoms with Crippen LogP contribution in [0.5, 0.6) is 0 Å². The molecule has 2 aromatic rings. The van der Waals surface area contributed by atoms with Gasteiger partial charge >= 0.3 is 11.9 Å². The molecule has 0 aliphatic heterocycles. The van der Waals surface area contributed by atoms with Crippen LogP contribution in [0, 0.1) is 13.8 Å². The summed E-state index contributed by atoms with van der Waals surface area (Å²) in [6.45, 7) is 2.42. The monoisotopic (exact) mass is 482 g/mol. The van der Waals surface area contributed by atoms with E-state index in [1.165, 1.54) is 13.8 Å². The van der Waals surface area contributed by atoms with Gasteiger partial charge in [0.05, 0.1) is 11.1 Å². The van der Waals surface area contributed by atoms with Gasteiger partial charge in [0.25, 0.3) is 20.2 Å². The molecule has 0 amide bonds. The Bertz CT molecular complexity index is 1150. The fourth-order valence-corrected chi connectivity index (χ4v) is 4.80. The summed E-state index contributed by atoms with van der Waals surface area (Å²) in [5, 5.41) is -0.162. The summed E-state index contributed by atoms with van der Waals surface area (Å²) in [5.41, 5.74) is -1.75. The van der Waals surface area contributed by atoms with Crippen LogP contribution in [-0.4, -0.2) is 37.9 Å². The van der Waals surface area contributed by atoms with Crippen LogP contribution in [0.3, 0.4) is 0 Å². The zero-order chi connectivity index (χ0) is 22.3. The summed E-state index contributed by atoms with van der Waals surface area (Å²) in [6, 6.07) is 4.10. The van der Waals surface area contributed by atoms with Crippen LogP contribution >= 0.6 is 23.2 Å². The second kappa shape index (κ2) is 8.01. The van der Waals surface area contributed by atoms with Crippen molar-refractivity contribution < 1.29 is 40.3 Å². The maximum absolute atomic E-state index is 12.4. The average Bonchev–Trinajstić information content (AvgIpc) is 2.56. The van der Waals surface area contributed by atoms with Crippen LogP contribution in [0.4, 0.5) is 0 Å². The molecule has 9 nitrogen and oxygen atoms in total. The highest BCUT2D eigenvalue weighted by molar-refractivity contribution is 7.86. The summed E-state index contributed by atoms with van der Waals surface area (Å²) >= 11 is 11.6. The van der Waals surface area contributed by atoms with Gasteiger partial charge in [-0.05, 0) is 49.2 Å². The number of benzene rings is 2. The molecule has 0 aliphatic carbocycles. The smallest absolute Gasteiger partial charge is 0.347 e. The van der Waals surface area contributed by atoms with Gasteiger partial charge < -0.3 is 4.74 Å². The molecule has 2 rings (SSSR count). The third-order valence-corrected chi connectivity index (χ3v) is 6.72. The summed E-state index contributed by atoms with van der Waals surface area (Å²) < 4.78 is 69.9. The van der Waals surface area contributed by atoms with E-state index in [2.05, 4.69) is 4.74 Å². The largest absolute Gasteiger partial charge is 0.386 e. The first-order chi connectivity index (χ1) is 13.2. The van der Waals surface area contributed by atoms with Crippen molar-refractivity contribution in [2.24, 2.45) is 0 Å². The minimum atomic E-state index is -4.93. The Labute approximate surface area is 175 Å². The predicted molar refractivity (Wildman–Crippen MR) is 102 cm³/mol. The Morgan fingerprint density at radius 3 is 1.34 bits per heavy atom. The number of carbonyl (C=O) groups is 2. The first-order valence-electron chi connectivity index (χ1n) is 7.46. The van der Waals surface area contributed by atoms with E-state index in [4.69, 9.17) is 23.2 Å². The summed E-state index contributed by atoms with van der Waals surface area (Å²) in [5.74, 6) is -3.01. The SMILES string of the molecule is Cc1c(Cl)ccc(C(=O)OC(=O)c2ccc(Cl)c(C)c2S(=O)(=O)O)c1S(=O)(=O)O. The van der Waals surface area contributed by atoms with Crippen LogP contribution in [0.1, 0.15) is 31.8 Å². The van der Waals surface area contributed by atoms with Crippen molar-refractivity contribution in [3.8, 4) is 0 Å². The molecule has 29 heavy (non-hydrogen) atoms. The minimum absolute atomic E-state index is 0.0810. The van der Waals surface area contributed by atoms with Crippen molar-refractivity contribution in [2.75, 3.05) is 0 Å². The zero-order valence-corrected chi connectivity index (χ0v) is 17.8. The van der Waals surface area contributed by atoms with E-state index in [0.29, 0.717) is 0 Å². The topological polar surface area (TPSA) is 152 Å².